The van der Waals surface area contributed by atoms with Gasteiger partial charge in [-0.3, -0.25) is 0 Å². The van der Waals surface area contributed by atoms with Gasteiger partial charge in [0.05, 0.1) is 10.2 Å². The molecule has 0 aliphatic heterocycles. The summed E-state index contributed by atoms with van der Waals surface area (Å²) in [6.07, 6.45) is 2.59. The molecular weight excluding hydrogens is 298 g/mol. The third kappa shape index (κ3) is 3.51. The van der Waals surface area contributed by atoms with Crippen LogP contribution in [0.25, 0.3) is 16.3 Å². The summed E-state index contributed by atoms with van der Waals surface area (Å²) >= 11 is 1.43. The molecule has 0 saturated carbocycles. The Morgan fingerprint density at radius 1 is 1.23 bits per heavy atom. The van der Waals surface area contributed by atoms with Crippen LogP contribution in [0.4, 0.5) is 0 Å². The lowest BCUT2D eigenvalue weighted by Gasteiger charge is -2.05. The lowest BCUT2D eigenvalue weighted by Crippen LogP contribution is -1.94. The van der Waals surface area contributed by atoms with Gasteiger partial charge in [-0.2, -0.15) is 0 Å². The van der Waals surface area contributed by atoms with Crippen LogP contribution in [0.3, 0.4) is 0 Å². The molecule has 0 saturated heterocycles. The number of ether oxygens (including phenoxy) is 1. The number of hydrogen-bond acceptors (Lipinski definition) is 4. The average molecular weight is 311 g/mol. The summed E-state index contributed by atoms with van der Waals surface area (Å²) in [4.78, 5) is 14.9. The van der Waals surface area contributed by atoms with Gasteiger partial charge in [0.25, 0.3) is 0 Å². The fourth-order valence-corrected chi connectivity index (χ4v) is 2.87. The van der Waals surface area contributed by atoms with E-state index in [9.17, 15) is 4.79 Å². The van der Waals surface area contributed by atoms with Crippen LogP contribution in [-0.4, -0.2) is 16.1 Å². The van der Waals surface area contributed by atoms with Gasteiger partial charge in [-0.25, -0.2) is 9.78 Å². The van der Waals surface area contributed by atoms with Gasteiger partial charge in [0, 0.05) is 6.08 Å². The van der Waals surface area contributed by atoms with Crippen LogP contribution in [0.5, 0.6) is 5.75 Å². The van der Waals surface area contributed by atoms with Crippen LogP contribution < -0.4 is 4.74 Å². The lowest BCUT2D eigenvalue weighted by molar-refractivity contribution is -0.131. The van der Waals surface area contributed by atoms with Crippen molar-refractivity contribution >= 4 is 33.6 Å². The quantitative estimate of drug-likeness (QED) is 0.724. The third-order valence-corrected chi connectivity index (χ3v) is 3.98. The molecule has 0 spiro atoms. The maximum Gasteiger partial charge on any atom is 0.328 e. The maximum atomic E-state index is 10.5. The molecule has 0 bridgehead atoms. The van der Waals surface area contributed by atoms with Gasteiger partial charge in [-0.15, -0.1) is 11.3 Å². The Morgan fingerprint density at radius 3 is 2.82 bits per heavy atom. The number of benzene rings is 2. The second-order valence-electron chi connectivity index (χ2n) is 4.63. The fraction of sp³-hybridized carbons (Fsp3) is 0.0588. The highest BCUT2D eigenvalue weighted by Gasteiger charge is 2.04. The highest BCUT2D eigenvalue weighted by molar-refractivity contribution is 7.19. The molecule has 1 aromatic heterocycles. The van der Waals surface area contributed by atoms with Crippen LogP contribution in [0.15, 0.2) is 54.6 Å². The summed E-state index contributed by atoms with van der Waals surface area (Å²) in [5.74, 6) is -0.208. The molecule has 0 aliphatic carbocycles. The van der Waals surface area contributed by atoms with Crippen molar-refractivity contribution in [3.8, 4) is 5.75 Å². The highest BCUT2D eigenvalue weighted by atomic mass is 32.1. The monoisotopic (exact) mass is 311 g/mol. The summed E-state index contributed by atoms with van der Waals surface area (Å²) in [6, 6.07) is 15.6. The van der Waals surface area contributed by atoms with E-state index < -0.39 is 5.97 Å². The van der Waals surface area contributed by atoms with Crippen molar-refractivity contribution in [3.05, 3.63) is 65.2 Å². The molecule has 22 heavy (non-hydrogen) atoms. The Morgan fingerprint density at radius 2 is 2.05 bits per heavy atom. The lowest BCUT2D eigenvalue weighted by atomic mass is 10.2. The normalized spacial score (nSPS) is 11.1. The fourth-order valence-electron chi connectivity index (χ4n) is 1.97. The first kappa shape index (κ1) is 14.3. The van der Waals surface area contributed by atoms with Crippen LogP contribution >= 0.6 is 11.3 Å². The summed E-state index contributed by atoms with van der Waals surface area (Å²) < 4.78 is 6.74. The second kappa shape index (κ2) is 6.41. The van der Waals surface area contributed by atoms with Gasteiger partial charge in [0.1, 0.15) is 17.4 Å². The summed E-state index contributed by atoms with van der Waals surface area (Å²) in [6.45, 7) is 0.511. The molecule has 0 unspecified atom stereocenters. The number of carbonyl (C=O) groups is 1. The first-order valence-electron chi connectivity index (χ1n) is 6.69. The summed E-state index contributed by atoms with van der Waals surface area (Å²) in [5.41, 5.74) is 1.94. The minimum atomic E-state index is -0.980. The number of carboxylic acid groups (broad SMARTS) is 1. The van der Waals surface area contributed by atoms with Crippen molar-refractivity contribution in [2.24, 2.45) is 0 Å². The molecule has 3 aromatic rings. The first-order chi connectivity index (χ1) is 10.7. The minimum absolute atomic E-state index is 0.511. The van der Waals surface area contributed by atoms with Gasteiger partial charge < -0.3 is 9.84 Å². The zero-order valence-electron chi connectivity index (χ0n) is 11.6. The zero-order valence-corrected chi connectivity index (χ0v) is 12.4. The molecule has 4 nitrogen and oxygen atoms in total. The molecule has 0 fully saturated rings. The number of nitrogens with zero attached hydrogens (tertiary/aromatic N) is 1. The summed E-state index contributed by atoms with van der Waals surface area (Å²) in [5, 5.41) is 9.31. The standard InChI is InChI=1S/C17H13NO3S/c19-17(20)9-8-16-18-14-7-6-13(10-15(14)22-16)21-11-12-4-2-1-3-5-12/h1-10H,11H2,(H,19,20)/b9-8+. The number of hydrogen-bond donors (Lipinski definition) is 1. The van der Waals surface area contributed by atoms with Crippen molar-refractivity contribution in [1.29, 1.82) is 0 Å². The summed E-state index contributed by atoms with van der Waals surface area (Å²) in [7, 11) is 0. The predicted octanol–water partition coefficient (Wildman–Crippen LogP) is 3.97. The molecule has 0 radical (unpaired) electrons. The van der Waals surface area contributed by atoms with E-state index in [0.29, 0.717) is 11.6 Å². The Kier molecular flexibility index (Phi) is 4.16. The number of rotatable bonds is 5. The van der Waals surface area contributed by atoms with Gasteiger partial charge >= 0.3 is 5.97 Å². The van der Waals surface area contributed by atoms with Gasteiger partial charge in [0.2, 0.25) is 0 Å². The number of aromatic nitrogens is 1. The van der Waals surface area contributed by atoms with Crippen molar-refractivity contribution < 1.29 is 14.6 Å². The van der Waals surface area contributed by atoms with Crippen molar-refractivity contribution in [3.63, 3.8) is 0 Å². The Balaban J connectivity index is 1.76. The predicted molar refractivity (Wildman–Crippen MR) is 87.1 cm³/mol. The van der Waals surface area contributed by atoms with Crippen molar-refractivity contribution in [2.45, 2.75) is 6.61 Å². The van der Waals surface area contributed by atoms with E-state index in [-0.39, 0.29) is 0 Å². The highest BCUT2D eigenvalue weighted by Crippen LogP contribution is 2.27. The topological polar surface area (TPSA) is 59.4 Å². The van der Waals surface area contributed by atoms with E-state index in [4.69, 9.17) is 9.84 Å². The molecule has 5 heteroatoms. The van der Waals surface area contributed by atoms with E-state index in [1.807, 2.05) is 48.5 Å². The molecule has 0 atom stereocenters. The van der Waals surface area contributed by atoms with Gasteiger partial charge in [0.15, 0.2) is 0 Å². The molecule has 3 rings (SSSR count). The van der Waals surface area contributed by atoms with Crippen molar-refractivity contribution in [2.75, 3.05) is 0 Å². The van der Waals surface area contributed by atoms with Crippen LogP contribution in [-0.2, 0) is 11.4 Å². The smallest absolute Gasteiger partial charge is 0.328 e. The van der Waals surface area contributed by atoms with Crippen LogP contribution in [0.1, 0.15) is 10.6 Å². The molecule has 1 heterocycles. The SMILES string of the molecule is O=C(O)/C=C/c1nc2ccc(OCc3ccccc3)cc2s1. The van der Waals surface area contributed by atoms with Crippen molar-refractivity contribution in [1.82, 2.24) is 4.98 Å². The Hall–Kier alpha value is -2.66. The molecule has 1 N–H and O–H groups in total. The molecular formula is C17H13NO3S. The largest absolute Gasteiger partial charge is 0.489 e. The maximum absolute atomic E-state index is 10.5. The van der Waals surface area contributed by atoms with E-state index in [2.05, 4.69) is 4.98 Å². The van der Waals surface area contributed by atoms with E-state index >= 15 is 0 Å². The van der Waals surface area contributed by atoms with Crippen LogP contribution in [0, 0.1) is 0 Å². The molecule has 2 aromatic carbocycles. The third-order valence-electron chi connectivity index (χ3n) is 2.99. The molecule has 0 amide bonds. The van der Waals surface area contributed by atoms with E-state index in [1.165, 1.54) is 17.4 Å². The van der Waals surface area contributed by atoms with E-state index in [0.717, 1.165) is 27.6 Å². The van der Waals surface area contributed by atoms with E-state index in [1.54, 1.807) is 0 Å². The number of carboxylic acids is 1. The second-order valence-corrected chi connectivity index (χ2v) is 5.69. The number of fused-ring (bicyclic) bond motifs is 1. The van der Waals surface area contributed by atoms with Crippen LogP contribution in [0.2, 0.25) is 0 Å². The Labute approximate surface area is 131 Å². The Bertz CT molecular complexity index is 824. The first-order valence-corrected chi connectivity index (χ1v) is 7.51. The molecule has 0 aliphatic rings. The average Bonchev–Trinajstić information content (AvgIpc) is 2.94. The van der Waals surface area contributed by atoms with Gasteiger partial charge in [-0.05, 0) is 29.8 Å². The minimum Gasteiger partial charge on any atom is -0.489 e. The number of thiazole rings is 1. The number of aliphatic carboxylic acids is 1. The van der Waals surface area contributed by atoms with Gasteiger partial charge in [-0.1, -0.05) is 30.3 Å². The zero-order chi connectivity index (χ0) is 15.4. The molecule has 110 valence electrons.